The Labute approximate surface area is 123 Å². The molecule has 6 heteroatoms. The fraction of sp³-hybridized carbons (Fsp3) is 0.800. The van der Waals surface area contributed by atoms with Crippen LogP contribution in [0, 0.1) is 17.8 Å². The highest BCUT2D eigenvalue weighted by atomic mass is 16.4. The Morgan fingerprint density at radius 2 is 1.71 bits per heavy atom. The maximum absolute atomic E-state index is 12.2. The number of hydrogen-bond donors (Lipinski definition) is 2. The minimum Gasteiger partial charge on any atom is -0.481 e. The van der Waals surface area contributed by atoms with Gasteiger partial charge in [-0.2, -0.15) is 0 Å². The molecule has 2 amide bonds. The quantitative estimate of drug-likeness (QED) is 0.795. The highest BCUT2D eigenvalue weighted by molar-refractivity contribution is 5.84. The van der Waals surface area contributed by atoms with Crippen molar-refractivity contribution >= 4 is 17.8 Å². The first-order valence-electron chi connectivity index (χ1n) is 7.86. The first-order valence-corrected chi connectivity index (χ1v) is 7.86. The lowest BCUT2D eigenvalue weighted by Gasteiger charge is -2.36. The minimum atomic E-state index is -0.778. The summed E-state index contributed by atoms with van der Waals surface area (Å²) in [6, 6.07) is -0.00638. The number of piperidine rings is 1. The van der Waals surface area contributed by atoms with Gasteiger partial charge in [0.15, 0.2) is 0 Å². The molecule has 1 atom stereocenters. The van der Waals surface area contributed by atoms with Crippen LogP contribution in [0.15, 0.2) is 0 Å². The van der Waals surface area contributed by atoms with Crippen LogP contribution in [0.3, 0.4) is 0 Å². The van der Waals surface area contributed by atoms with Crippen molar-refractivity contribution in [3.05, 3.63) is 0 Å². The van der Waals surface area contributed by atoms with Crippen molar-refractivity contribution in [3.8, 4) is 0 Å². The van der Waals surface area contributed by atoms with Gasteiger partial charge in [-0.05, 0) is 38.5 Å². The van der Waals surface area contributed by atoms with Gasteiger partial charge in [0, 0.05) is 25.0 Å². The molecule has 0 aromatic carbocycles. The van der Waals surface area contributed by atoms with Crippen molar-refractivity contribution in [3.63, 3.8) is 0 Å². The predicted molar refractivity (Wildman–Crippen MR) is 74.3 cm³/mol. The zero-order valence-corrected chi connectivity index (χ0v) is 12.1. The van der Waals surface area contributed by atoms with Gasteiger partial charge < -0.3 is 15.3 Å². The number of hydrogen-bond acceptors (Lipinski definition) is 3. The van der Waals surface area contributed by atoms with Crippen LogP contribution in [0.1, 0.15) is 38.5 Å². The van der Waals surface area contributed by atoms with E-state index < -0.39 is 5.97 Å². The number of amides is 2. The van der Waals surface area contributed by atoms with Crippen molar-refractivity contribution in [2.45, 2.75) is 44.6 Å². The lowest BCUT2D eigenvalue weighted by molar-refractivity contribution is -0.147. The van der Waals surface area contributed by atoms with E-state index in [2.05, 4.69) is 5.32 Å². The fourth-order valence-corrected chi connectivity index (χ4v) is 3.24. The maximum Gasteiger partial charge on any atom is 0.306 e. The number of carbonyl (C=O) groups excluding carboxylic acids is 2. The fourth-order valence-electron chi connectivity index (χ4n) is 3.24. The summed E-state index contributed by atoms with van der Waals surface area (Å²) in [6.45, 7) is 1.29. The smallest absolute Gasteiger partial charge is 0.306 e. The molecule has 0 spiro atoms. The number of nitrogens with zero attached hydrogens (tertiary/aromatic N) is 1. The number of aliphatic carboxylic acids is 1. The summed E-state index contributed by atoms with van der Waals surface area (Å²) in [5.41, 5.74) is 0. The molecular formula is C15H22N2O4. The van der Waals surface area contributed by atoms with Crippen LogP contribution in [0.2, 0.25) is 0 Å². The van der Waals surface area contributed by atoms with Crippen molar-refractivity contribution in [1.82, 2.24) is 10.2 Å². The highest BCUT2D eigenvalue weighted by Crippen LogP contribution is 2.33. The summed E-state index contributed by atoms with van der Waals surface area (Å²) >= 11 is 0. The zero-order chi connectivity index (χ0) is 15.0. The van der Waals surface area contributed by atoms with Crippen LogP contribution in [-0.4, -0.2) is 46.9 Å². The lowest BCUT2D eigenvalue weighted by Crippen LogP contribution is -2.51. The number of carboxylic acid groups (broad SMARTS) is 1. The number of rotatable bonds is 4. The molecule has 21 heavy (non-hydrogen) atoms. The second-order valence-electron chi connectivity index (χ2n) is 6.61. The van der Waals surface area contributed by atoms with Crippen LogP contribution in [0.25, 0.3) is 0 Å². The minimum absolute atomic E-state index is 0.00638. The molecule has 1 saturated heterocycles. The van der Waals surface area contributed by atoms with Crippen LogP contribution < -0.4 is 5.32 Å². The first kappa shape index (κ1) is 14.4. The molecule has 1 heterocycles. The molecule has 1 aliphatic heterocycles. The molecule has 3 aliphatic rings. The van der Waals surface area contributed by atoms with Crippen molar-refractivity contribution in [2.75, 3.05) is 13.1 Å². The molecular weight excluding hydrogens is 272 g/mol. The summed E-state index contributed by atoms with van der Waals surface area (Å²) < 4.78 is 0. The Bertz CT molecular complexity index is 455. The van der Waals surface area contributed by atoms with Gasteiger partial charge in [0.2, 0.25) is 11.8 Å². The molecule has 0 bridgehead atoms. The van der Waals surface area contributed by atoms with Crippen LogP contribution in [0.5, 0.6) is 0 Å². The van der Waals surface area contributed by atoms with Gasteiger partial charge in [0.1, 0.15) is 0 Å². The normalized spacial score (nSPS) is 32.2. The average molecular weight is 294 g/mol. The summed E-state index contributed by atoms with van der Waals surface area (Å²) in [7, 11) is 0. The molecule has 2 N–H and O–H groups in total. The van der Waals surface area contributed by atoms with E-state index in [0.717, 1.165) is 32.2 Å². The summed E-state index contributed by atoms with van der Waals surface area (Å²) in [6.07, 6.45) is 4.72. The van der Waals surface area contributed by atoms with Gasteiger partial charge in [-0.1, -0.05) is 0 Å². The van der Waals surface area contributed by atoms with E-state index in [1.54, 1.807) is 0 Å². The second-order valence-corrected chi connectivity index (χ2v) is 6.61. The van der Waals surface area contributed by atoms with E-state index in [1.807, 2.05) is 4.90 Å². The number of nitrogens with one attached hydrogen (secondary N) is 1. The van der Waals surface area contributed by atoms with Crippen molar-refractivity contribution in [1.29, 1.82) is 0 Å². The monoisotopic (exact) mass is 294 g/mol. The molecule has 6 nitrogen and oxygen atoms in total. The molecule has 3 fully saturated rings. The van der Waals surface area contributed by atoms with E-state index in [9.17, 15) is 14.4 Å². The highest BCUT2D eigenvalue weighted by Gasteiger charge is 2.39. The second kappa shape index (κ2) is 5.66. The lowest BCUT2D eigenvalue weighted by atomic mass is 9.80. The van der Waals surface area contributed by atoms with Crippen molar-refractivity contribution < 1.29 is 19.5 Å². The maximum atomic E-state index is 12.2. The molecule has 0 aromatic heterocycles. The number of likely N-dealkylation sites (tertiary alicyclic amines) is 1. The Morgan fingerprint density at radius 1 is 1.00 bits per heavy atom. The van der Waals surface area contributed by atoms with E-state index in [4.69, 9.17) is 5.11 Å². The molecule has 116 valence electrons. The van der Waals surface area contributed by atoms with Crippen LogP contribution in [0.4, 0.5) is 0 Å². The molecule has 1 unspecified atom stereocenters. The Morgan fingerprint density at radius 3 is 2.33 bits per heavy atom. The molecule has 2 aliphatic carbocycles. The summed E-state index contributed by atoms with van der Waals surface area (Å²) in [4.78, 5) is 36.9. The largest absolute Gasteiger partial charge is 0.481 e. The van der Waals surface area contributed by atoms with Gasteiger partial charge in [0.25, 0.3) is 0 Å². The molecule has 0 aromatic rings. The topological polar surface area (TPSA) is 86.7 Å². The zero-order valence-electron chi connectivity index (χ0n) is 12.1. The van der Waals surface area contributed by atoms with Crippen LogP contribution in [-0.2, 0) is 14.4 Å². The van der Waals surface area contributed by atoms with Crippen LogP contribution >= 0.6 is 0 Å². The standard InChI is InChI=1S/C15H22N2O4/c18-13(16-12-6-11(7-12)15(20)21)10-2-1-5-17(8-10)14(19)9-3-4-9/h9-12H,1-8H2,(H,16,18)(H,20,21). The van der Waals surface area contributed by atoms with E-state index >= 15 is 0 Å². The Hall–Kier alpha value is -1.59. The van der Waals surface area contributed by atoms with Gasteiger partial charge >= 0.3 is 5.97 Å². The average Bonchev–Trinajstić information content (AvgIpc) is 3.25. The molecule has 2 saturated carbocycles. The van der Waals surface area contributed by atoms with Gasteiger partial charge in [-0.25, -0.2) is 0 Å². The Kier molecular flexibility index (Phi) is 3.87. The van der Waals surface area contributed by atoms with Crippen molar-refractivity contribution in [2.24, 2.45) is 17.8 Å². The van der Waals surface area contributed by atoms with Gasteiger partial charge in [0.05, 0.1) is 11.8 Å². The van der Waals surface area contributed by atoms with Gasteiger partial charge in [-0.3, -0.25) is 14.4 Å². The third-order valence-electron chi connectivity index (χ3n) is 4.86. The van der Waals surface area contributed by atoms with E-state index in [1.165, 1.54) is 0 Å². The summed E-state index contributed by atoms with van der Waals surface area (Å²) in [5, 5.41) is 11.8. The predicted octanol–water partition coefficient (Wildman–Crippen LogP) is 0.614. The van der Waals surface area contributed by atoms with E-state index in [-0.39, 0.29) is 35.6 Å². The third-order valence-corrected chi connectivity index (χ3v) is 4.86. The summed E-state index contributed by atoms with van der Waals surface area (Å²) in [5.74, 6) is -0.826. The molecule has 0 radical (unpaired) electrons. The van der Waals surface area contributed by atoms with Gasteiger partial charge in [-0.15, -0.1) is 0 Å². The molecule has 3 rings (SSSR count). The van der Waals surface area contributed by atoms with E-state index in [0.29, 0.717) is 19.4 Å². The number of carbonyl (C=O) groups is 3. The third kappa shape index (κ3) is 3.19. The number of carboxylic acids is 1. The Balaban J connectivity index is 1.46. The SMILES string of the molecule is O=C(O)C1CC(NC(=O)C2CCCN(C(=O)C3CC3)C2)C1. The first-order chi connectivity index (χ1) is 10.0.